The van der Waals surface area contributed by atoms with E-state index in [0.717, 1.165) is 11.1 Å². The molecule has 0 radical (unpaired) electrons. The third-order valence-corrected chi connectivity index (χ3v) is 4.74. The zero-order chi connectivity index (χ0) is 20.6. The maximum atomic E-state index is 12.1. The summed E-state index contributed by atoms with van der Waals surface area (Å²) < 4.78 is 11.3. The number of ether oxygens (including phenoxy) is 2. The van der Waals surface area contributed by atoms with Crippen LogP contribution in [0.1, 0.15) is 18.1 Å². The van der Waals surface area contributed by atoms with E-state index < -0.39 is 0 Å². The summed E-state index contributed by atoms with van der Waals surface area (Å²) in [6, 6.07) is 16.2. The van der Waals surface area contributed by atoms with E-state index in [1.54, 1.807) is 30.5 Å². The highest BCUT2D eigenvalue weighted by atomic mass is 35.5. The van der Waals surface area contributed by atoms with Crippen LogP contribution in [0.2, 0.25) is 10.0 Å². The smallest absolute Gasteiger partial charge is 0.224 e. The molecule has 0 spiro atoms. The van der Waals surface area contributed by atoms with E-state index in [2.05, 4.69) is 10.3 Å². The minimum absolute atomic E-state index is 0.116. The van der Waals surface area contributed by atoms with Crippen LogP contribution in [0.5, 0.6) is 17.4 Å². The fourth-order valence-corrected chi connectivity index (χ4v) is 2.92. The molecule has 3 rings (SSSR count). The van der Waals surface area contributed by atoms with Crippen LogP contribution >= 0.6 is 23.2 Å². The van der Waals surface area contributed by atoms with Crippen LogP contribution in [0.3, 0.4) is 0 Å². The summed E-state index contributed by atoms with van der Waals surface area (Å²) in [6.07, 6.45) is 1.89. The van der Waals surface area contributed by atoms with Crippen LogP contribution in [0.25, 0.3) is 0 Å². The largest absolute Gasteiger partial charge is 0.490 e. The van der Waals surface area contributed by atoms with Crippen molar-refractivity contribution in [2.45, 2.75) is 19.9 Å². The number of halogens is 2. The number of benzene rings is 2. The van der Waals surface area contributed by atoms with Crippen molar-refractivity contribution in [3.63, 3.8) is 0 Å². The van der Waals surface area contributed by atoms with Crippen LogP contribution in [0.4, 0.5) is 0 Å². The van der Waals surface area contributed by atoms with Gasteiger partial charge in [-0.1, -0.05) is 47.5 Å². The Morgan fingerprint density at radius 1 is 1.00 bits per heavy atom. The van der Waals surface area contributed by atoms with Gasteiger partial charge in [0, 0.05) is 18.8 Å². The maximum Gasteiger partial charge on any atom is 0.224 e. The average molecular weight is 431 g/mol. The first-order valence-electron chi connectivity index (χ1n) is 9.10. The van der Waals surface area contributed by atoms with Gasteiger partial charge in [0.15, 0.2) is 11.5 Å². The molecule has 0 bridgehead atoms. The monoisotopic (exact) mass is 430 g/mol. The molecule has 0 fully saturated rings. The van der Waals surface area contributed by atoms with Gasteiger partial charge in [-0.2, -0.15) is 0 Å². The maximum absolute atomic E-state index is 12.1. The number of aromatic nitrogens is 1. The zero-order valence-corrected chi connectivity index (χ0v) is 17.3. The van der Waals surface area contributed by atoms with Crippen LogP contribution in [0.15, 0.2) is 60.8 Å². The second-order valence-corrected chi connectivity index (χ2v) is 7.00. The van der Waals surface area contributed by atoms with Gasteiger partial charge in [-0.25, -0.2) is 4.98 Å². The molecule has 7 heteroatoms. The fourth-order valence-electron chi connectivity index (χ4n) is 2.60. The predicted octanol–water partition coefficient (Wildman–Crippen LogP) is 5.44. The lowest BCUT2D eigenvalue weighted by molar-refractivity contribution is -0.120. The number of para-hydroxylation sites is 2. The van der Waals surface area contributed by atoms with Crippen LogP contribution in [-0.2, 0) is 17.8 Å². The van der Waals surface area contributed by atoms with E-state index in [-0.39, 0.29) is 12.3 Å². The molecule has 1 amide bonds. The third-order valence-electron chi connectivity index (χ3n) is 4.00. The first-order chi connectivity index (χ1) is 14.0. The van der Waals surface area contributed by atoms with Crippen LogP contribution in [0, 0.1) is 0 Å². The second kappa shape index (κ2) is 10.1. The molecular formula is C22H20Cl2N2O3. The lowest BCUT2D eigenvalue weighted by Crippen LogP contribution is -2.24. The summed E-state index contributed by atoms with van der Waals surface area (Å²) in [6.45, 7) is 2.83. The number of rotatable bonds is 8. The summed E-state index contributed by atoms with van der Waals surface area (Å²) in [4.78, 5) is 16.4. The van der Waals surface area contributed by atoms with E-state index in [1.165, 1.54) is 0 Å². The number of hydrogen-bond acceptors (Lipinski definition) is 4. The molecule has 0 atom stereocenters. The molecule has 0 saturated heterocycles. The number of pyridine rings is 1. The standard InChI is InChI=1S/C22H20Cl2N2O3/c1-2-28-19-5-3-4-6-20(19)29-22-10-8-16(14-26-22)13-25-21(27)12-15-7-9-17(23)18(24)11-15/h3-11,14H,2,12-13H2,1H3,(H,25,27). The van der Waals surface area contributed by atoms with E-state index >= 15 is 0 Å². The van der Waals surface area contributed by atoms with Gasteiger partial charge < -0.3 is 14.8 Å². The number of nitrogens with one attached hydrogen (secondary N) is 1. The molecule has 5 nitrogen and oxygen atoms in total. The topological polar surface area (TPSA) is 60.5 Å². The first kappa shape index (κ1) is 21.0. The van der Waals surface area contributed by atoms with Crippen molar-refractivity contribution >= 4 is 29.1 Å². The molecule has 2 aromatic carbocycles. The Morgan fingerprint density at radius 3 is 2.45 bits per heavy atom. The minimum Gasteiger partial charge on any atom is -0.490 e. The molecule has 0 aliphatic rings. The van der Waals surface area contributed by atoms with Gasteiger partial charge in [0.1, 0.15) is 0 Å². The molecular weight excluding hydrogens is 411 g/mol. The molecule has 1 N–H and O–H groups in total. The first-order valence-corrected chi connectivity index (χ1v) is 9.86. The van der Waals surface area contributed by atoms with Crippen molar-refractivity contribution in [2.24, 2.45) is 0 Å². The Kier molecular flexibility index (Phi) is 7.33. The lowest BCUT2D eigenvalue weighted by atomic mass is 10.1. The highest BCUT2D eigenvalue weighted by Crippen LogP contribution is 2.30. The number of hydrogen-bond donors (Lipinski definition) is 1. The summed E-state index contributed by atoms with van der Waals surface area (Å²) in [5.74, 6) is 1.59. The molecule has 1 aromatic heterocycles. The Labute approximate surface area is 179 Å². The average Bonchev–Trinajstić information content (AvgIpc) is 2.72. The summed E-state index contributed by atoms with van der Waals surface area (Å²) in [5.41, 5.74) is 1.66. The van der Waals surface area contributed by atoms with Gasteiger partial charge in [0.2, 0.25) is 11.8 Å². The molecule has 3 aromatic rings. The summed E-state index contributed by atoms with van der Waals surface area (Å²) in [5, 5.41) is 3.76. The molecule has 29 heavy (non-hydrogen) atoms. The van der Waals surface area contributed by atoms with Gasteiger partial charge in [0.05, 0.1) is 23.1 Å². The summed E-state index contributed by atoms with van der Waals surface area (Å²) >= 11 is 11.9. The number of nitrogens with zero attached hydrogens (tertiary/aromatic N) is 1. The molecule has 0 aliphatic heterocycles. The van der Waals surface area contributed by atoms with Gasteiger partial charge >= 0.3 is 0 Å². The highest BCUT2D eigenvalue weighted by molar-refractivity contribution is 6.42. The molecule has 0 saturated carbocycles. The molecule has 0 unspecified atom stereocenters. The van der Waals surface area contributed by atoms with E-state index in [0.29, 0.717) is 40.6 Å². The third kappa shape index (κ3) is 6.11. The van der Waals surface area contributed by atoms with Crippen LogP contribution < -0.4 is 14.8 Å². The van der Waals surface area contributed by atoms with Crippen molar-refractivity contribution in [1.82, 2.24) is 10.3 Å². The Bertz CT molecular complexity index is 978. The number of amides is 1. The van der Waals surface area contributed by atoms with Gasteiger partial charge in [-0.15, -0.1) is 0 Å². The summed E-state index contributed by atoms with van der Waals surface area (Å²) in [7, 11) is 0. The van der Waals surface area contributed by atoms with Gasteiger partial charge in [-0.05, 0) is 42.3 Å². The van der Waals surface area contributed by atoms with Crippen molar-refractivity contribution < 1.29 is 14.3 Å². The fraction of sp³-hybridized carbons (Fsp3) is 0.182. The molecule has 150 valence electrons. The second-order valence-electron chi connectivity index (χ2n) is 6.19. The van der Waals surface area contributed by atoms with E-state index in [9.17, 15) is 4.79 Å². The minimum atomic E-state index is -0.116. The lowest BCUT2D eigenvalue weighted by Gasteiger charge is -2.11. The zero-order valence-electron chi connectivity index (χ0n) is 15.8. The highest BCUT2D eigenvalue weighted by Gasteiger charge is 2.08. The van der Waals surface area contributed by atoms with Crippen molar-refractivity contribution in [3.8, 4) is 17.4 Å². The Balaban J connectivity index is 1.54. The van der Waals surface area contributed by atoms with Crippen molar-refractivity contribution in [1.29, 1.82) is 0 Å². The van der Waals surface area contributed by atoms with Crippen molar-refractivity contribution in [2.75, 3.05) is 6.61 Å². The number of carbonyl (C=O) groups is 1. The quantitative estimate of drug-likeness (QED) is 0.516. The predicted molar refractivity (Wildman–Crippen MR) is 114 cm³/mol. The normalized spacial score (nSPS) is 10.4. The number of carbonyl (C=O) groups excluding carboxylic acids is 1. The van der Waals surface area contributed by atoms with E-state index in [1.807, 2.05) is 37.3 Å². The van der Waals surface area contributed by atoms with Gasteiger partial charge in [-0.3, -0.25) is 4.79 Å². The van der Waals surface area contributed by atoms with E-state index in [4.69, 9.17) is 32.7 Å². The Hall–Kier alpha value is -2.76. The van der Waals surface area contributed by atoms with Crippen LogP contribution in [-0.4, -0.2) is 17.5 Å². The van der Waals surface area contributed by atoms with Crippen molar-refractivity contribution in [3.05, 3.63) is 82.0 Å². The SMILES string of the molecule is CCOc1ccccc1Oc1ccc(CNC(=O)Cc2ccc(Cl)c(Cl)c2)cn1. The Morgan fingerprint density at radius 2 is 1.76 bits per heavy atom. The molecule has 0 aliphatic carbocycles. The van der Waals surface area contributed by atoms with Gasteiger partial charge in [0.25, 0.3) is 0 Å². The molecule has 1 heterocycles.